The first-order valence-electron chi connectivity index (χ1n) is 16.7. The molecule has 0 fully saturated rings. The van der Waals surface area contributed by atoms with E-state index >= 15 is 0 Å². The van der Waals surface area contributed by atoms with Gasteiger partial charge in [-0.15, -0.1) is 0 Å². The van der Waals surface area contributed by atoms with Crippen LogP contribution in [-0.4, -0.2) is 49.3 Å². The zero-order chi connectivity index (χ0) is 32.4. The van der Waals surface area contributed by atoms with Gasteiger partial charge in [-0.05, 0) is 70.5 Å². The van der Waals surface area contributed by atoms with Crippen LogP contribution < -0.4 is 21.2 Å². The second-order valence-electron chi connectivity index (χ2n) is 10.0. The number of hydrogen-bond acceptors (Lipinski definition) is 0. The van der Waals surface area contributed by atoms with Crippen LogP contribution in [0.1, 0.15) is 55.4 Å². The Hall–Kier alpha value is -0.712. The van der Waals surface area contributed by atoms with Gasteiger partial charge in [0.25, 0.3) is 0 Å². The van der Waals surface area contributed by atoms with Crippen molar-refractivity contribution < 1.29 is 21.1 Å². The molecule has 0 N–H and O–H groups in total. The average molecular weight is 860 g/mol. The summed E-state index contributed by atoms with van der Waals surface area (Å²) in [5, 5.41) is 6.19. The van der Waals surface area contributed by atoms with E-state index in [1.165, 1.54) is 49.3 Å². The van der Waals surface area contributed by atoms with Gasteiger partial charge < -0.3 is 0 Å². The Kier molecular flexibility index (Phi) is 29.0. The summed E-state index contributed by atoms with van der Waals surface area (Å²) in [4.78, 5) is 0. The van der Waals surface area contributed by atoms with Crippen molar-refractivity contribution in [2.45, 2.75) is 55.4 Å². The van der Waals surface area contributed by atoms with E-state index in [1.807, 2.05) is 0 Å². The van der Waals surface area contributed by atoms with Crippen molar-refractivity contribution >= 4 is 52.9 Å². The molecule has 0 spiro atoms. The molecular weight excluding hydrogens is 799 g/mol. The Morgan fingerprint density at radius 1 is 0.267 bits per heavy atom. The second-order valence-corrected chi connectivity index (χ2v) is 21.5. The monoisotopic (exact) mass is 859 g/mol. The maximum absolute atomic E-state index is 2.28. The van der Waals surface area contributed by atoms with Crippen molar-refractivity contribution in [3.63, 3.8) is 0 Å². The number of hydrogen-bond donors (Lipinski definition) is 0. The van der Waals surface area contributed by atoms with Gasteiger partial charge in [0, 0.05) is 21.1 Å². The summed E-state index contributed by atoms with van der Waals surface area (Å²) in [6.45, 7) is 18.2. The Labute approximate surface area is 298 Å². The van der Waals surface area contributed by atoms with Crippen LogP contribution >= 0.6 is 31.7 Å². The molecule has 0 amide bonds. The first-order chi connectivity index (χ1) is 21.5. The fourth-order valence-corrected chi connectivity index (χ4v) is 12.0. The van der Waals surface area contributed by atoms with E-state index in [2.05, 4.69) is 177 Å². The molecule has 0 aliphatic rings. The van der Waals surface area contributed by atoms with Crippen LogP contribution in [0.25, 0.3) is 0 Å². The smallest absolute Gasteiger partial charge is 0 e. The van der Waals surface area contributed by atoms with E-state index in [-0.39, 0.29) is 52.8 Å². The van der Waals surface area contributed by atoms with Crippen LogP contribution in [-0.2, 0) is 21.1 Å². The molecule has 0 aliphatic heterocycles. The summed E-state index contributed by atoms with van der Waals surface area (Å²) >= 11 is 0. The quantitative estimate of drug-likeness (QED) is 0.125. The molecule has 45 heavy (non-hydrogen) atoms. The first kappa shape index (κ1) is 44.3. The molecule has 250 valence electrons. The van der Waals surface area contributed by atoms with Gasteiger partial charge in [0.15, 0.2) is 0 Å². The van der Waals surface area contributed by atoms with Gasteiger partial charge in [0.1, 0.15) is 0 Å². The summed E-state index contributed by atoms with van der Waals surface area (Å²) in [6, 6.07) is 43.4. The third-order valence-corrected chi connectivity index (χ3v) is 17.8. The van der Waals surface area contributed by atoms with Gasteiger partial charge in [-0.25, -0.2) is 0 Å². The SMILES string of the molecule is CCP(CC)c1ccccc1.CCP(CC)c1ccccc1.CCP(CC)c1ccccc1.CCP(CC)c1ccccc1.[Pt]. The Morgan fingerprint density at radius 2 is 0.400 bits per heavy atom. The maximum Gasteiger partial charge on any atom is 0 e. The van der Waals surface area contributed by atoms with E-state index in [0.29, 0.717) is 0 Å². The second kappa shape index (κ2) is 29.4. The summed E-state index contributed by atoms with van der Waals surface area (Å²) in [5.74, 6) is 0. The molecule has 0 radical (unpaired) electrons. The molecule has 0 saturated heterocycles. The van der Waals surface area contributed by atoms with Gasteiger partial charge in [0.2, 0.25) is 0 Å². The molecule has 0 atom stereocenters. The minimum atomic E-state index is 0. The molecule has 0 saturated carbocycles. The molecule has 4 rings (SSSR count). The molecule has 4 aromatic carbocycles. The Balaban J connectivity index is 0.000000569. The minimum absolute atomic E-state index is 0. The number of rotatable bonds is 12. The van der Waals surface area contributed by atoms with Crippen LogP contribution in [0.15, 0.2) is 121 Å². The maximum atomic E-state index is 2.28. The van der Waals surface area contributed by atoms with Gasteiger partial charge >= 0.3 is 0 Å². The minimum Gasteiger partial charge on any atom is -0.0759 e. The van der Waals surface area contributed by atoms with E-state index in [4.69, 9.17) is 0 Å². The predicted octanol–water partition coefficient (Wildman–Crippen LogP) is 11.3. The van der Waals surface area contributed by atoms with Crippen molar-refractivity contribution in [3.8, 4) is 0 Å². The standard InChI is InChI=1S/4C10H15P.Pt/c4*1-3-11(4-2)10-8-6-5-7-9-10;/h4*5-9H,3-4H2,1-2H3;. The van der Waals surface area contributed by atoms with Gasteiger partial charge in [0.05, 0.1) is 0 Å². The molecule has 0 unspecified atom stereocenters. The topological polar surface area (TPSA) is 0 Å². The Morgan fingerprint density at radius 3 is 0.511 bits per heavy atom. The van der Waals surface area contributed by atoms with E-state index < -0.39 is 0 Å². The molecule has 0 aromatic heterocycles. The molecule has 0 aliphatic carbocycles. The molecule has 5 heteroatoms. The molecule has 0 heterocycles. The third-order valence-electron chi connectivity index (χ3n) is 7.54. The van der Waals surface area contributed by atoms with Gasteiger partial charge in [-0.1, -0.05) is 208 Å². The summed E-state index contributed by atoms with van der Waals surface area (Å²) < 4.78 is 0. The van der Waals surface area contributed by atoms with E-state index in [9.17, 15) is 0 Å². The van der Waals surface area contributed by atoms with Crippen LogP contribution in [0.2, 0.25) is 0 Å². The van der Waals surface area contributed by atoms with Crippen molar-refractivity contribution in [1.82, 2.24) is 0 Å². The first-order valence-corrected chi connectivity index (χ1v) is 23.6. The molecule has 0 nitrogen and oxygen atoms in total. The molecular formula is C40H60P4Pt. The molecule has 0 bridgehead atoms. The third kappa shape index (κ3) is 18.4. The summed E-state index contributed by atoms with van der Waals surface area (Å²) in [6.07, 6.45) is 10.5. The van der Waals surface area contributed by atoms with Crippen molar-refractivity contribution in [1.29, 1.82) is 0 Å². The van der Waals surface area contributed by atoms with Crippen LogP contribution in [0.3, 0.4) is 0 Å². The van der Waals surface area contributed by atoms with Crippen LogP contribution in [0, 0.1) is 0 Å². The predicted molar refractivity (Wildman–Crippen MR) is 216 cm³/mol. The average Bonchev–Trinajstić information content (AvgIpc) is 3.10. The van der Waals surface area contributed by atoms with E-state index in [0.717, 1.165) is 0 Å². The number of benzene rings is 4. The van der Waals surface area contributed by atoms with Crippen LogP contribution in [0.5, 0.6) is 0 Å². The van der Waals surface area contributed by atoms with Gasteiger partial charge in [-0.2, -0.15) is 0 Å². The van der Waals surface area contributed by atoms with Crippen molar-refractivity contribution in [2.24, 2.45) is 0 Å². The Bertz CT molecular complexity index is 954. The molecule has 4 aromatic rings. The van der Waals surface area contributed by atoms with Crippen molar-refractivity contribution in [2.75, 3.05) is 49.3 Å². The van der Waals surface area contributed by atoms with Crippen LogP contribution in [0.4, 0.5) is 0 Å². The zero-order valence-electron chi connectivity index (χ0n) is 29.3. The summed E-state index contributed by atoms with van der Waals surface area (Å²) in [7, 11) is 0.595. The normalized spacial score (nSPS) is 10.2. The van der Waals surface area contributed by atoms with Gasteiger partial charge in [-0.3, -0.25) is 0 Å². The zero-order valence-corrected chi connectivity index (χ0v) is 35.2. The fourth-order valence-electron chi connectivity index (χ4n) is 4.91. The van der Waals surface area contributed by atoms with E-state index in [1.54, 1.807) is 21.2 Å². The fraction of sp³-hybridized carbons (Fsp3) is 0.400. The summed E-state index contributed by atoms with van der Waals surface area (Å²) in [5.41, 5.74) is 0. The van der Waals surface area contributed by atoms with Crippen molar-refractivity contribution in [3.05, 3.63) is 121 Å². The largest absolute Gasteiger partial charge is 0.0759 e.